The Bertz CT molecular complexity index is 284. The van der Waals surface area contributed by atoms with Crippen LogP contribution in [0, 0.1) is 0 Å². The van der Waals surface area contributed by atoms with Crippen LogP contribution in [0.25, 0.3) is 0 Å². The van der Waals surface area contributed by atoms with Gasteiger partial charge in [-0.15, -0.1) is 0 Å². The van der Waals surface area contributed by atoms with Crippen LogP contribution in [-0.2, 0) is 20.2 Å². The largest absolute Gasteiger partial charge is 0.332 e. The summed E-state index contributed by atoms with van der Waals surface area (Å²) >= 11 is 0. The van der Waals surface area contributed by atoms with Crippen molar-refractivity contribution in [3.05, 3.63) is 35.9 Å². The molecule has 1 aromatic carbocycles. The molecule has 1 aliphatic rings. The molecule has 88 valence electrons. The van der Waals surface area contributed by atoms with Gasteiger partial charge in [-0.3, -0.25) is 0 Å². The summed E-state index contributed by atoms with van der Waals surface area (Å²) in [5.74, 6) is 0. The first kappa shape index (κ1) is 12.0. The molecule has 0 atom stereocenters. The molecule has 0 radical (unpaired) electrons. The van der Waals surface area contributed by atoms with Gasteiger partial charge in [0.05, 0.1) is 19.8 Å². The van der Waals surface area contributed by atoms with E-state index in [0.717, 1.165) is 31.6 Å². The van der Waals surface area contributed by atoms with Crippen LogP contribution in [0.2, 0.25) is 0 Å². The van der Waals surface area contributed by atoms with E-state index in [4.69, 9.17) is 13.6 Å². The molecule has 0 unspecified atom stereocenters. The normalized spacial score (nSPS) is 19.0. The van der Waals surface area contributed by atoms with Gasteiger partial charge in [0, 0.05) is 0 Å². The molecule has 0 amide bonds. The Labute approximate surface area is 97.7 Å². The standard InChI is InChI=1S/C12H17O3P/c1-3-7-12(8-4-1)11-15-16-13-9-5-2-6-10-14-16/h1,3-4,7-8H,2,5-6,9-11H2. The van der Waals surface area contributed by atoms with Crippen LogP contribution in [0.5, 0.6) is 0 Å². The predicted molar refractivity (Wildman–Crippen MR) is 63.9 cm³/mol. The maximum atomic E-state index is 5.62. The first-order valence-corrected chi connectivity index (χ1v) is 6.77. The number of hydrogen-bond acceptors (Lipinski definition) is 3. The van der Waals surface area contributed by atoms with E-state index in [0.29, 0.717) is 6.61 Å². The summed E-state index contributed by atoms with van der Waals surface area (Å²) in [7, 11) is -1.14. The minimum absolute atomic E-state index is 0.562. The van der Waals surface area contributed by atoms with E-state index in [1.54, 1.807) is 0 Å². The Hall–Kier alpha value is -0.470. The first-order valence-electron chi connectivity index (χ1n) is 5.68. The maximum absolute atomic E-state index is 5.62. The van der Waals surface area contributed by atoms with Crippen molar-refractivity contribution in [2.45, 2.75) is 25.9 Å². The van der Waals surface area contributed by atoms with Crippen molar-refractivity contribution in [1.29, 1.82) is 0 Å². The number of rotatable bonds is 3. The summed E-state index contributed by atoms with van der Waals surface area (Å²) in [5.41, 5.74) is 1.15. The first-order chi connectivity index (χ1) is 7.95. The molecule has 0 bridgehead atoms. The van der Waals surface area contributed by atoms with Gasteiger partial charge in [0.25, 0.3) is 0 Å². The summed E-state index contributed by atoms with van der Waals surface area (Å²) in [5, 5.41) is 0. The fraction of sp³-hybridized carbons (Fsp3) is 0.500. The summed E-state index contributed by atoms with van der Waals surface area (Å²) in [4.78, 5) is 0. The van der Waals surface area contributed by atoms with Crippen LogP contribution < -0.4 is 0 Å². The lowest BCUT2D eigenvalue weighted by Crippen LogP contribution is -2.03. The Morgan fingerprint density at radius 3 is 2.38 bits per heavy atom. The second-order valence-electron chi connectivity index (χ2n) is 3.71. The number of hydrogen-bond donors (Lipinski definition) is 0. The second kappa shape index (κ2) is 6.97. The lowest BCUT2D eigenvalue weighted by molar-refractivity contribution is 0.138. The molecule has 0 saturated carbocycles. The molecular formula is C12H17O3P. The second-order valence-corrected chi connectivity index (χ2v) is 4.93. The Kier molecular flexibility index (Phi) is 5.23. The van der Waals surface area contributed by atoms with Crippen LogP contribution in [0.15, 0.2) is 30.3 Å². The van der Waals surface area contributed by atoms with E-state index in [1.165, 1.54) is 6.42 Å². The Morgan fingerprint density at radius 2 is 1.69 bits per heavy atom. The predicted octanol–water partition coefficient (Wildman–Crippen LogP) is 3.65. The highest BCUT2D eigenvalue weighted by Gasteiger charge is 2.14. The van der Waals surface area contributed by atoms with Crippen LogP contribution >= 0.6 is 8.60 Å². The fourth-order valence-electron chi connectivity index (χ4n) is 1.47. The molecule has 16 heavy (non-hydrogen) atoms. The molecular weight excluding hydrogens is 223 g/mol. The third kappa shape index (κ3) is 4.18. The fourth-order valence-corrected chi connectivity index (χ4v) is 2.51. The topological polar surface area (TPSA) is 27.7 Å². The lowest BCUT2D eigenvalue weighted by atomic mass is 10.2. The molecule has 1 saturated heterocycles. The van der Waals surface area contributed by atoms with E-state index in [2.05, 4.69) is 0 Å². The maximum Gasteiger partial charge on any atom is 0.332 e. The minimum Gasteiger partial charge on any atom is -0.312 e. The van der Waals surface area contributed by atoms with Gasteiger partial charge < -0.3 is 13.6 Å². The highest BCUT2D eigenvalue weighted by molar-refractivity contribution is 7.41. The summed E-state index contributed by atoms with van der Waals surface area (Å²) < 4.78 is 16.7. The van der Waals surface area contributed by atoms with Crippen LogP contribution in [0.4, 0.5) is 0 Å². The third-order valence-electron chi connectivity index (χ3n) is 2.36. The minimum atomic E-state index is -1.14. The average molecular weight is 240 g/mol. The van der Waals surface area contributed by atoms with Crippen molar-refractivity contribution in [3.63, 3.8) is 0 Å². The molecule has 4 heteroatoms. The van der Waals surface area contributed by atoms with Crippen molar-refractivity contribution in [2.24, 2.45) is 0 Å². The molecule has 0 aliphatic carbocycles. The summed E-state index contributed by atoms with van der Waals surface area (Å²) in [6, 6.07) is 10.1. The molecule has 0 aromatic heterocycles. The van der Waals surface area contributed by atoms with Crippen molar-refractivity contribution >= 4 is 8.60 Å². The highest BCUT2D eigenvalue weighted by Crippen LogP contribution is 2.41. The molecule has 1 heterocycles. The van der Waals surface area contributed by atoms with E-state index >= 15 is 0 Å². The van der Waals surface area contributed by atoms with Gasteiger partial charge in [-0.2, -0.15) is 0 Å². The van der Waals surface area contributed by atoms with Gasteiger partial charge in [-0.25, -0.2) is 0 Å². The highest BCUT2D eigenvalue weighted by atomic mass is 31.2. The molecule has 3 nitrogen and oxygen atoms in total. The van der Waals surface area contributed by atoms with E-state index < -0.39 is 8.60 Å². The van der Waals surface area contributed by atoms with Crippen molar-refractivity contribution in [2.75, 3.05) is 13.2 Å². The van der Waals surface area contributed by atoms with E-state index in [9.17, 15) is 0 Å². The molecule has 1 aliphatic heterocycles. The SMILES string of the molecule is c1ccc(COP2OCCCCCO2)cc1. The third-order valence-corrected chi connectivity index (χ3v) is 3.49. The van der Waals surface area contributed by atoms with Crippen molar-refractivity contribution < 1.29 is 13.6 Å². The van der Waals surface area contributed by atoms with Crippen LogP contribution in [0.1, 0.15) is 24.8 Å². The van der Waals surface area contributed by atoms with Gasteiger partial charge in [-0.1, -0.05) is 30.3 Å². The molecule has 1 fully saturated rings. The van der Waals surface area contributed by atoms with Gasteiger partial charge in [0.1, 0.15) is 0 Å². The Balaban J connectivity index is 1.75. The molecule has 2 rings (SSSR count). The summed E-state index contributed by atoms with van der Waals surface area (Å²) in [6.07, 6.45) is 3.40. The Morgan fingerprint density at radius 1 is 1.00 bits per heavy atom. The lowest BCUT2D eigenvalue weighted by Gasteiger charge is -2.19. The molecule has 1 aromatic rings. The zero-order valence-electron chi connectivity index (χ0n) is 9.30. The van der Waals surface area contributed by atoms with Crippen LogP contribution in [-0.4, -0.2) is 13.2 Å². The van der Waals surface area contributed by atoms with Crippen molar-refractivity contribution in [1.82, 2.24) is 0 Å². The van der Waals surface area contributed by atoms with E-state index in [-0.39, 0.29) is 0 Å². The molecule has 0 spiro atoms. The van der Waals surface area contributed by atoms with Gasteiger partial charge in [-0.05, 0) is 24.8 Å². The summed E-state index contributed by atoms with van der Waals surface area (Å²) in [6.45, 7) is 2.06. The average Bonchev–Trinajstić information content (AvgIpc) is 2.29. The van der Waals surface area contributed by atoms with Crippen molar-refractivity contribution in [3.8, 4) is 0 Å². The van der Waals surface area contributed by atoms with Gasteiger partial charge in [0.2, 0.25) is 0 Å². The number of benzene rings is 1. The quantitative estimate of drug-likeness (QED) is 0.755. The van der Waals surface area contributed by atoms with Gasteiger partial charge in [0.15, 0.2) is 0 Å². The zero-order valence-corrected chi connectivity index (χ0v) is 10.2. The molecule has 0 N–H and O–H groups in total. The zero-order chi connectivity index (χ0) is 11.1. The van der Waals surface area contributed by atoms with Gasteiger partial charge >= 0.3 is 8.60 Å². The smallest absolute Gasteiger partial charge is 0.312 e. The van der Waals surface area contributed by atoms with Crippen LogP contribution in [0.3, 0.4) is 0 Å². The van der Waals surface area contributed by atoms with E-state index in [1.807, 2.05) is 30.3 Å². The monoisotopic (exact) mass is 240 g/mol.